The minimum absolute atomic E-state index is 0. The first-order valence-electron chi connectivity index (χ1n) is 6.08. The molecule has 114 valence electrons. The molecule has 1 unspecified atom stereocenters. The van der Waals surface area contributed by atoms with Gasteiger partial charge in [-0.25, -0.2) is 0 Å². The van der Waals surface area contributed by atoms with Gasteiger partial charge in [0.15, 0.2) is 0 Å². The van der Waals surface area contributed by atoms with Crippen LogP contribution in [0.3, 0.4) is 0 Å². The monoisotopic (exact) mass is 322 g/mol. The van der Waals surface area contributed by atoms with E-state index >= 15 is 0 Å². The van der Waals surface area contributed by atoms with Gasteiger partial charge in [0.25, 0.3) is 5.91 Å². The van der Waals surface area contributed by atoms with Crippen molar-refractivity contribution in [2.24, 2.45) is 0 Å². The standard InChI is InChI=1S/C13H19ClN2O3.ClH/c1-3-4-8(17)7-16-13(18)9-5-10(14)11(15)6-12(9)19-2;/h5-6,8,17H,3-4,7,15H2,1-2H3,(H,16,18);1H. The summed E-state index contributed by atoms with van der Waals surface area (Å²) in [5, 5.41) is 12.5. The number of carbonyl (C=O) groups excluding carboxylic acids is 1. The highest BCUT2D eigenvalue weighted by molar-refractivity contribution is 6.33. The molecular weight excluding hydrogens is 303 g/mol. The van der Waals surface area contributed by atoms with Gasteiger partial charge in [0, 0.05) is 12.6 Å². The third-order valence-electron chi connectivity index (χ3n) is 2.68. The Morgan fingerprint density at radius 3 is 2.75 bits per heavy atom. The number of nitrogen functional groups attached to an aromatic ring is 1. The van der Waals surface area contributed by atoms with Crippen LogP contribution in [-0.4, -0.2) is 30.8 Å². The number of nitrogens with two attached hydrogens (primary N) is 1. The fourth-order valence-electron chi connectivity index (χ4n) is 1.66. The second-order valence-electron chi connectivity index (χ2n) is 4.23. The summed E-state index contributed by atoms with van der Waals surface area (Å²) in [6.07, 6.45) is 0.942. The summed E-state index contributed by atoms with van der Waals surface area (Å²) < 4.78 is 5.09. The Bertz CT molecular complexity index is 455. The van der Waals surface area contributed by atoms with Crippen molar-refractivity contribution in [1.82, 2.24) is 5.32 Å². The zero-order valence-electron chi connectivity index (χ0n) is 11.5. The van der Waals surface area contributed by atoms with Crippen molar-refractivity contribution in [3.63, 3.8) is 0 Å². The second kappa shape index (κ2) is 8.89. The molecule has 0 spiro atoms. The maximum atomic E-state index is 12.0. The van der Waals surface area contributed by atoms with Crippen LogP contribution in [-0.2, 0) is 0 Å². The lowest BCUT2D eigenvalue weighted by atomic mass is 10.1. The molecule has 1 aromatic rings. The van der Waals surface area contributed by atoms with Crippen molar-refractivity contribution in [3.8, 4) is 5.75 Å². The Labute approximate surface area is 129 Å². The highest BCUT2D eigenvalue weighted by atomic mass is 35.5. The first-order chi connectivity index (χ1) is 8.99. The van der Waals surface area contributed by atoms with Gasteiger partial charge in [-0.2, -0.15) is 0 Å². The number of methoxy groups -OCH3 is 1. The van der Waals surface area contributed by atoms with Crippen LogP contribution in [0.4, 0.5) is 5.69 Å². The summed E-state index contributed by atoms with van der Waals surface area (Å²) in [7, 11) is 1.45. The fraction of sp³-hybridized carbons (Fsp3) is 0.462. The van der Waals surface area contributed by atoms with Gasteiger partial charge in [-0.05, 0) is 12.5 Å². The fourth-order valence-corrected chi connectivity index (χ4v) is 1.82. The molecule has 0 radical (unpaired) electrons. The van der Waals surface area contributed by atoms with Crippen LogP contribution in [0.1, 0.15) is 30.1 Å². The van der Waals surface area contributed by atoms with Crippen molar-refractivity contribution in [1.29, 1.82) is 0 Å². The van der Waals surface area contributed by atoms with Gasteiger partial charge in [0.2, 0.25) is 0 Å². The van der Waals surface area contributed by atoms with Gasteiger partial charge in [-0.15, -0.1) is 12.4 Å². The van der Waals surface area contributed by atoms with Crippen LogP contribution in [0.2, 0.25) is 5.02 Å². The van der Waals surface area contributed by atoms with Crippen LogP contribution < -0.4 is 15.8 Å². The van der Waals surface area contributed by atoms with Crippen LogP contribution >= 0.6 is 24.0 Å². The summed E-state index contributed by atoms with van der Waals surface area (Å²) in [5.74, 6) is -0.00159. The maximum Gasteiger partial charge on any atom is 0.255 e. The normalized spacial score (nSPS) is 11.4. The molecule has 0 bridgehead atoms. The van der Waals surface area contributed by atoms with Crippen LogP contribution in [0.25, 0.3) is 0 Å². The predicted molar refractivity (Wildman–Crippen MR) is 82.9 cm³/mol. The summed E-state index contributed by atoms with van der Waals surface area (Å²) in [6, 6.07) is 2.96. The number of ether oxygens (including phenoxy) is 1. The molecule has 0 heterocycles. The molecular formula is C13H20Cl2N2O3. The highest BCUT2D eigenvalue weighted by Crippen LogP contribution is 2.28. The smallest absolute Gasteiger partial charge is 0.255 e. The molecule has 1 amide bonds. The molecule has 4 N–H and O–H groups in total. The van der Waals surface area contributed by atoms with Crippen molar-refractivity contribution in [3.05, 3.63) is 22.7 Å². The lowest BCUT2D eigenvalue weighted by molar-refractivity contribution is 0.0907. The van der Waals surface area contributed by atoms with Crippen molar-refractivity contribution < 1.29 is 14.6 Å². The zero-order valence-corrected chi connectivity index (χ0v) is 13.1. The number of hydrogen-bond donors (Lipinski definition) is 3. The molecule has 0 saturated heterocycles. The number of aliphatic hydroxyl groups is 1. The van der Waals surface area contributed by atoms with E-state index in [1.165, 1.54) is 19.2 Å². The van der Waals surface area contributed by atoms with E-state index in [4.69, 9.17) is 22.1 Å². The Morgan fingerprint density at radius 1 is 1.55 bits per heavy atom. The van der Waals surface area contributed by atoms with Gasteiger partial charge in [-0.3, -0.25) is 4.79 Å². The topological polar surface area (TPSA) is 84.6 Å². The van der Waals surface area contributed by atoms with E-state index in [2.05, 4.69) is 5.32 Å². The van der Waals surface area contributed by atoms with E-state index in [1.807, 2.05) is 6.92 Å². The number of nitrogens with one attached hydrogen (secondary N) is 1. The summed E-state index contributed by atoms with van der Waals surface area (Å²) in [4.78, 5) is 12.0. The van der Waals surface area contributed by atoms with Gasteiger partial charge in [-0.1, -0.05) is 24.9 Å². The molecule has 5 nitrogen and oxygen atoms in total. The molecule has 0 aromatic heterocycles. The number of halogens is 2. The quantitative estimate of drug-likeness (QED) is 0.701. The molecule has 0 aliphatic rings. The Kier molecular flexibility index (Phi) is 8.37. The molecule has 0 fully saturated rings. The largest absolute Gasteiger partial charge is 0.496 e. The number of hydrogen-bond acceptors (Lipinski definition) is 4. The molecule has 0 saturated carbocycles. The van der Waals surface area contributed by atoms with Gasteiger partial charge in [0.1, 0.15) is 5.75 Å². The van der Waals surface area contributed by atoms with Crippen LogP contribution in [0.15, 0.2) is 12.1 Å². The Balaban J connectivity index is 0.00000361. The summed E-state index contributed by atoms with van der Waals surface area (Å²) >= 11 is 5.89. The van der Waals surface area contributed by atoms with Gasteiger partial charge in [0.05, 0.1) is 29.5 Å². The van der Waals surface area contributed by atoms with E-state index in [-0.39, 0.29) is 24.9 Å². The molecule has 7 heteroatoms. The van der Waals surface area contributed by atoms with Crippen molar-refractivity contribution >= 4 is 35.6 Å². The van der Waals surface area contributed by atoms with Crippen molar-refractivity contribution in [2.75, 3.05) is 19.4 Å². The molecule has 0 aliphatic heterocycles. The third kappa shape index (κ3) is 5.07. The number of aliphatic hydroxyl groups excluding tert-OH is 1. The van der Waals surface area contributed by atoms with E-state index in [0.29, 0.717) is 28.4 Å². The highest BCUT2D eigenvalue weighted by Gasteiger charge is 2.15. The molecule has 1 rings (SSSR count). The SMILES string of the molecule is CCCC(O)CNC(=O)c1cc(Cl)c(N)cc1OC.Cl. The van der Waals surface area contributed by atoms with E-state index in [1.54, 1.807) is 0 Å². The van der Waals surface area contributed by atoms with Crippen LogP contribution in [0.5, 0.6) is 5.75 Å². The minimum atomic E-state index is -0.552. The maximum absolute atomic E-state index is 12.0. The summed E-state index contributed by atoms with van der Waals surface area (Å²) in [5.41, 5.74) is 6.29. The van der Waals surface area contributed by atoms with Gasteiger partial charge >= 0.3 is 0 Å². The Hall–Kier alpha value is -1.17. The minimum Gasteiger partial charge on any atom is -0.496 e. The number of benzene rings is 1. The second-order valence-corrected chi connectivity index (χ2v) is 4.63. The lowest BCUT2D eigenvalue weighted by Crippen LogP contribution is -2.32. The number of rotatable bonds is 6. The number of anilines is 1. The van der Waals surface area contributed by atoms with E-state index < -0.39 is 6.10 Å². The number of amides is 1. The average molecular weight is 323 g/mol. The summed E-state index contributed by atoms with van der Waals surface area (Å²) in [6.45, 7) is 2.16. The van der Waals surface area contributed by atoms with Crippen molar-refractivity contribution in [2.45, 2.75) is 25.9 Å². The average Bonchev–Trinajstić information content (AvgIpc) is 2.39. The molecule has 1 aromatic carbocycles. The molecule has 20 heavy (non-hydrogen) atoms. The Morgan fingerprint density at radius 2 is 2.20 bits per heavy atom. The van der Waals surface area contributed by atoms with Crippen LogP contribution in [0, 0.1) is 0 Å². The number of carbonyl (C=O) groups is 1. The zero-order chi connectivity index (χ0) is 14.4. The molecule has 0 aliphatic carbocycles. The van der Waals surface area contributed by atoms with E-state index in [9.17, 15) is 9.90 Å². The lowest BCUT2D eigenvalue weighted by Gasteiger charge is -2.13. The first-order valence-corrected chi connectivity index (χ1v) is 6.46. The third-order valence-corrected chi connectivity index (χ3v) is 3.01. The molecule has 1 atom stereocenters. The van der Waals surface area contributed by atoms with Gasteiger partial charge < -0.3 is 20.9 Å². The predicted octanol–water partition coefficient (Wildman–Crippen LogP) is 2.24. The van der Waals surface area contributed by atoms with E-state index in [0.717, 1.165) is 6.42 Å². The first kappa shape index (κ1) is 18.8.